The molecule has 0 atom stereocenters. The summed E-state index contributed by atoms with van der Waals surface area (Å²) in [5.41, 5.74) is 1.41. The van der Waals surface area contributed by atoms with Crippen molar-refractivity contribution in [2.45, 2.75) is 52.6 Å². The zero-order chi connectivity index (χ0) is 24.6. The predicted octanol–water partition coefficient (Wildman–Crippen LogP) is 7.75. The van der Waals surface area contributed by atoms with Crippen molar-refractivity contribution in [3.05, 3.63) is 65.9 Å². The summed E-state index contributed by atoms with van der Waals surface area (Å²) in [5, 5.41) is 5.77. The second-order valence-electron chi connectivity index (χ2n) is 8.59. The molecule has 0 saturated carbocycles. The third-order valence-electron chi connectivity index (χ3n) is 5.05. The first-order chi connectivity index (χ1) is 16.2. The maximum Gasteiger partial charge on any atom is 0.421 e. The van der Waals surface area contributed by atoms with Crippen molar-refractivity contribution in [2.24, 2.45) is 5.92 Å². The van der Waals surface area contributed by atoms with Crippen LogP contribution < -0.4 is 15.4 Å². The fourth-order valence-corrected chi connectivity index (χ4v) is 3.27. The molecule has 182 valence electrons. The van der Waals surface area contributed by atoms with Gasteiger partial charge < -0.3 is 15.4 Å². The maximum atomic E-state index is 13.6. The Bertz CT molecular complexity index is 1050. The summed E-state index contributed by atoms with van der Waals surface area (Å²) in [7, 11) is 0. The van der Waals surface area contributed by atoms with Gasteiger partial charge in [0.25, 0.3) is 0 Å². The van der Waals surface area contributed by atoms with Crippen molar-refractivity contribution < 1.29 is 17.9 Å². The molecule has 8 heteroatoms. The van der Waals surface area contributed by atoms with E-state index in [-0.39, 0.29) is 11.8 Å². The molecule has 2 aromatic carbocycles. The molecule has 0 aliphatic heterocycles. The number of unbranched alkanes of at least 4 members (excludes halogenated alkanes) is 2. The second-order valence-corrected chi connectivity index (χ2v) is 8.59. The lowest BCUT2D eigenvalue weighted by Gasteiger charge is -2.16. The van der Waals surface area contributed by atoms with Crippen molar-refractivity contribution in [3.63, 3.8) is 0 Å². The number of nitrogens with one attached hydrogen (secondary N) is 2. The SMILES string of the molecule is CCCCCc1ccc(Nc2ncc(C(F)(F)F)c(Nc3cccc(OCC(C)C)c3)n2)cc1. The summed E-state index contributed by atoms with van der Waals surface area (Å²) >= 11 is 0. The quantitative estimate of drug-likeness (QED) is 0.279. The van der Waals surface area contributed by atoms with Crippen LogP contribution in [-0.4, -0.2) is 16.6 Å². The first kappa shape index (κ1) is 25.3. The molecule has 3 aromatic rings. The fraction of sp³-hybridized carbons (Fsp3) is 0.385. The number of nitrogens with zero attached hydrogens (tertiary/aromatic N) is 2. The molecule has 0 aliphatic carbocycles. The van der Waals surface area contributed by atoms with E-state index in [2.05, 4.69) is 27.5 Å². The minimum Gasteiger partial charge on any atom is -0.493 e. The average molecular weight is 473 g/mol. The molecule has 2 N–H and O–H groups in total. The topological polar surface area (TPSA) is 59.1 Å². The monoisotopic (exact) mass is 472 g/mol. The number of hydrogen-bond donors (Lipinski definition) is 2. The van der Waals surface area contributed by atoms with Gasteiger partial charge in [0.1, 0.15) is 17.1 Å². The summed E-state index contributed by atoms with van der Waals surface area (Å²) in [6, 6.07) is 14.6. The van der Waals surface area contributed by atoms with Crippen LogP contribution in [0.1, 0.15) is 51.2 Å². The highest BCUT2D eigenvalue weighted by atomic mass is 19.4. The van der Waals surface area contributed by atoms with Gasteiger partial charge in [0, 0.05) is 23.6 Å². The van der Waals surface area contributed by atoms with Crippen molar-refractivity contribution in [3.8, 4) is 5.75 Å². The van der Waals surface area contributed by atoms with E-state index >= 15 is 0 Å². The van der Waals surface area contributed by atoms with Gasteiger partial charge in [-0.25, -0.2) is 4.98 Å². The van der Waals surface area contributed by atoms with Gasteiger partial charge in [0.05, 0.1) is 6.61 Å². The van der Waals surface area contributed by atoms with Gasteiger partial charge in [0.2, 0.25) is 5.95 Å². The van der Waals surface area contributed by atoms with E-state index < -0.39 is 11.7 Å². The smallest absolute Gasteiger partial charge is 0.421 e. The summed E-state index contributed by atoms with van der Waals surface area (Å²) < 4.78 is 46.5. The molecule has 0 radical (unpaired) electrons. The van der Waals surface area contributed by atoms with Crippen molar-refractivity contribution >= 4 is 23.1 Å². The molecule has 0 saturated heterocycles. The normalized spacial score (nSPS) is 11.5. The van der Waals surface area contributed by atoms with Gasteiger partial charge >= 0.3 is 6.18 Å². The Morgan fingerprint density at radius 1 is 0.971 bits per heavy atom. The van der Waals surface area contributed by atoms with Gasteiger partial charge in [-0.3, -0.25) is 0 Å². The van der Waals surface area contributed by atoms with Crippen molar-refractivity contribution in [2.75, 3.05) is 17.2 Å². The lowest BCUT2D eigenvalue weighted by molar-refractivity contribution is -0.137. The van der Waals surface area contributed by atoms with Crippen LogP contribution in [0.25, 0.3) is 0 Å². The second kappa shape index (κ2) is 11.7. The molecule has 1 heterocycles. The molecule has 34 heavy (non-hydrogen) atoms. The number of ether oxygens (including phenoxy) is 1. The standard InChI is InChI=1S/C26H31F3N4O/c1-4-5-6-8-19-11-13-20(14-12-19)32-25-30-16-23(26(27,28)29)24(33-25)31-21-9-7-10-22(15-21)34-17-18(2)3/h7,9-16,18H,4-6,8,17H2,1-3H3,(H2,30,31,32,33). The van der Waals surface area contributed by atoms with Gasteiger partial charge in [0.15, 0.2) is 0 Å². The first-order valence-electron chi connectivity index (χ1n) is 11.5. The minimum atomic E-state index is -4.60. The number of halogens is 3. The van der Waals surface area contributed by atoms with Gasteiger partial charge in [-0.15, -0.1) is 0 Å². The van der Waals surface area contributed by atoms with Crippen LogP contribution in [0.5, 0.6) is 5.75 Å². The van der Waals surface area contributed by atoms with E-state index in [0.29, 0.717) is 29.6 Å². The minimum absolute atomic E-state index is 0.0708. The maximum absolute atomic E-state index is 13.6. The molecule has 0 fully saturated rings. The summed E-state index contributed by atoms with van der Waals surface area (Å²) in [6.45, 7) is 6.72. The highest BCUT2D eigenvalue weighted by Gasteiger charge is 2.35. The van der Waals surface area contributed by atoms with Crippen molar-refractivity contribution in [1.29, 1.82) is 0 Å². The van der Waals surface area contributed by atoms with Crippen LogP contribution >= 0.6 is 0 Å². The lowest BCUT2D eigenvalue weighted by Crippen LogP contribution is -2.12. The lowest BCUT2D eigenvalue weighted by atomic mass is 10.1. The summed E-state index contributed by atoms with van der Waals surface area (Å²) in [4.78, 5) is 8.01. The fourth-order valence-electron chi connectivity index (χ4n) is 3.27. The zero-order valence-corrected chi connectivity index (χ0v) is 19.7. The van der Waals surface area contributed by atoms with E-state index in [1.165, 1.54) is 12.0 Å². The Balaban J connectivity index is 1.78. The third kappa shape index (κ3) is 7.64. The Morgan fingerprint density at radius 2 is 1.74 bits per heavy atom. The zero-order valence-electron chi connectivity index (χ0n) is 19.7. The molecule has 0 spiro atoms. The molecule has 0 bridgehead atoms. The predicted molar refractivity (Wildman–Crippen MR) is 130 cm³/mol. The largest absolute Gasteiger partial charge is 0.493 e. The molecule has 5 nitrogen and oxygen atoms in total. The van der Waals surface area contributed by atoms with E-state index in [9.17, 15) is 13.2 Å². The first-order valence-corrected chi connectivity index (χ1v) is 11.5. The molecular weight excluding hydrogens is 441 g/mol. The van der Waals surface area contributed by atoms with E-state index in [1.54, 1.807) is 24.3 Å². The number of hydrogen-bond acceptors (Lipinski definition) is 5. The number of anilines is 4. The van der Waals surface area contributed by atoms with Crippen LogP contribution in [0.15, 0.2) is 54.7 Å². The van der Waals surface area contributed by atoms with Gasteiger partial charge in [-0.1, -0.05) is 51.8 Å². The van der Waals surface area contributed by atoms with Crippen LogP contribution in [0.3, 0.4) is 0 Å². The van der Waals surface area contributed by atoms with Crippen LogP contribution in [0, 0.1) is 5.92 Å². The van der Waals surface area contributed by atoms with E-state index in [1.807, 2.05) is 38.1 Å². The number of aromatic nitrogens is 2. The van der Waals surface area contributed by atoms with Crippen LogP contribution in [0.2, 0.25) is 0 Å². The Morgan fingerprint density at radius 3 is 2.41 bits per heavy atom. The number of rotatable bonds is 11. The van der Waals surface area contributed by atoms with Gasteiger partial charge in [-0.05, 0) is 48.6 Å². The van der Waals surface area contributed by atoms with Crippen molar-refractivity contribution in [1.82, 2.24) is 9.97 Å². The molecule has 3 rings (SSSR count). The number of aryl methyl sites for hydroxylation is 1. The van der Waals surface area contributed by atoms with E-state index in [0.717, 1.165) is 25.5 Å². The molecule has 1 aromatic heterocycles. The van der Waals surface area contributed by atoms with E-state index in [4.69, 9.17) is 4.74 Å². The Hall–Kier alpha value is -3.29. The molecule has 0 aliphatic rings. The summed E-state index contributed by atoms with van der Waals surface area (Å²) in [6.07, 6.45) is 0.657. The highest BCUT2D eigenvalue weighted by Crippen LogP contribution is 2.35. The van der Waals surface area contributed by atoms with Gasteiger partial charge in [-0.2, -0.15) is 18.2 Å². The summed E-state index contributed by atoms with van der Waals surface area (Å²) in [5.74, 6) is 0.636. The molecular formula is C26H31F3N4O. The van der Waals surface area contributed by atoms with Crippen LogP contribution in [-0.2, 0) is 12.6 Å². The Labute approximate surface area is 198 Å². The molecule has 0 amide bonds. The number of benzene rings is 2. The van der Waals surface area contributed by atoms with Crippen LogP contribution in [0.4, 0.5) is 36.3 Å². The third-order valence-corrected chi connectivity index (χ3v) is 5.05. The highest BCUT2D eigenvalue weighted by molar-refractivity contribution is 5.64. The molecule has 0 unspecified atom stereocenters. The average Bonchev–Trinajstić information content (AvgIpc) is 2.79. The number of alkyl halides is 3. The Kier molecular flexibility index (Phi) is 8.73.